The highest BCUT2D eigenvalue weighted by Gasteiger charge is 2.37. The van der Waals surface area contributed by atoms with E-state index in [1.165, 1.54) is 0 Å². The van der Waals surface area contributed by atoms with Crippen molar-refractivity contribution in [2.24, 2.45) is 0 Å². The van der Waals surface area contributed by atoms with Crippen LogP contribution in [0.4, 0.5) is 5.69 Å². The molecule has 2 aromatic carbocycles. The number of aryl methyl sites for hydroxylation is 1. The second-order valence-corrected chi connectivity index (χ2v) is 5.19. The summed E-state index contributed by atoms with van der Waals surface area (Å²) in [7, 11) is 0. The molecule has 0 saturated carbocycles. The van der Waals surface area contributed by atoms with Crippen LogP contribution in [0.5, 0.6) is 0 Å². The lowest BCUT2D eigenvalue weighted by atomic mass is 9.87. The molecule has 2 aromatic rings. The first-order valence-electron chi connectivity index (χ1n) is 6.70. The molecule has 4 nitrogen and oxygen atoms in total. The van der Waals surface area contributed by atoms with Crippen molar-refractivity contribution in [2.75, 3.05) is 5.32 Å². The minimum absolute atomic E-state index is 0.167. The number of hydrogen-bond acceptors (Lipinski definition) is 3. The molecule has 0 radical (unpaired) electrons. The molecule has 3 rings (SSSR count). The average molecular weight is 268 g/mol. The van der Waals surface area contributed by atoms with Crippen LogP contribution in [0.1, 0.15) is 22.7 Å². The van der Waals surface area contributed by atoms with Gasteiger partial charge in [0.05, 0.1) is 0 Å². The minimum Gasteiger partial charge on any atom is -0.372 e. The maximum absolute atomic E-state index is 11.4. The maximum Gasteiger partial charge on any atom is 0.241 e. The van der Waals surface area contributed by atoms with E-state index in [1.54, 1.807) is 0 Å². The van der Waals surface area contributed by atoms with Gasteiger partial charge in [-0.25, -0.2) is 0 Å². The minimum atomic E-state index is -0.633. The first kappa shape index (κ1) is 12.7. The van der Waals surface area contributed by atoms with Crippen molar-refractivity contribution in [1.82, 2.24) is 0 Å². The molecule has 1 aliphatic heterocycles. The summed E-state index contributed by atoms with van der Waals surface area (Å²) < 4.78 is 0. The van der Waals surface area contributed by atoms with E-state index in [0.717, 1.165) is 22.4 Å². The van der Waals surface area contributed by atoms with E-state index < -0.39 is 6.04 Å². The second-order valence-electron chi connectivity index (χ2n) is 5.19. The number of nitro groups is 1. The van der Waals surface area contributed by atoms with E-state index in [1.807, 2.05) is 55.5 Å². The topological polar surface area (TPSA) is 55.2 Å². The zero-order valence-electron chi connectivity index (χ0n) is 11.2. The molecule has 1 aliphatic rings. The molecule has 20 heavy (non-hydrogen) atoms. The SMILES string of the molecule is Cc1ccccc1[C@H]1Nc2ccccc2C[C@@H]1[N+](=O)[O-]. The predicted molar refractivity (Wildman–Crippen MR) is 78.5 cm³/mol. The largest absolute Gasteiger partial charge is 0.372 e. The zero-order chi connectivity index (χ0) is 14.1. The Morgan fingerprint density at radius 3 is 2.60 bits per heavy atom. The first-order chi connectivity index (χ1) is 9.66. The van der Waals surface area contributed by atoms with Crippen molar-refractivity contribution in [3.05, 3.63) is 75.3 Å². The van der Waals surface area contributed by atoms with Crippen LogP contribution in [0.25, 0.3) is 0 Å². The molecule has 2 atom stereocenters. The Balaban J connectivity index is 2.05. The standard InChI is InChI=1S/C16H16N2O2/c1-11-6-2-4-8-13(11)16-15(18(19)20)10-12-7-3-5-9-14(12)17-16/h2-9,15-17H,10H2,1H3/t15-,16+/m0/s1. The van der Waals surface area contributed by atoms with Gasteiger partial charge < -0.3 is 5.32 Å². The molecule has 0 fully saturated rings. The Labute approximate surface area is 117 Å². The molecule has 0 saturated heterocycles. The molecular formula is C16H16N2O2. The van der Waals surface area contributed by atoms with Gasteiger partial charge in [-0.05, 0) is 29.7 Å². The highest BCUT2D eigenvalue weighted by atomic mass is 16.6. The number of anilines is 1. The molecule has 0 amide bonds. The lowest BCUT2D eigenvalue weighted by Crippen LogP contribution is -2.38. The number of para-hydroxylation sites is 1. The third-order valence-electron chi connectivity index (χ3n) is 3.94. The number of rotatable bonds is 2. The van der Waals surface area contributed by atoms with Crippen LogP contribution in [0.15, 0.2) is 48.5 Å². The summed E-state index contributed by atoms with van der Waals surface area (Å²) in [4.78, 5) is 11.3. The highest BCUT2D eigenvalue weighted by Crippen LogP contribution is 2.35. The van der Waals surface area contributed by atoms with Crippen LogP contribution >= 0.6 is 0 Å². The number of fused-ring (bicyclic) bond motifs is 1. The summed E-state index contributed by atoms with van der Waals surface area (Å²) in [5.41, 5.74) is 4.10. The fourth-order valence-corrected chi connectivity index (χ4v) is 2.86. The molecule has 1 heterocycles. The Hall–Kier alpha value is -2.36. The van der Waals surface area contributed by atoms with E-state index in [4.69, 9.17) is 0 Å². The fourth-order valence-electron chi connectivity index (χ4n) is 2.86. The number of nitrogens with one attached hydrogen (secondary N) is 1. The Morgan fingerprint density at radius 1 is 1.15 bits per heavy atom. The van der Waals surface area contributed by atoms with Gasteiger partial charge in [-0.2, -0.15) is 0 Å². The molecule has 1 N–H and O–H groups in total. The van der Waals surface area contributed by atoms with Crippen molar-refractivity contribution < 1.29 is 4.92 Å². The molecule has 0 aliphatic carbocycles. The monoisotopic (exact) mass is 268 g/mol. The van der Waals surface area contributed by atoms with E-state index in [-0.39, 0.29) is 11.0 Å². The van der Waals surface area contributed by atoms with E-state index in [2.05, 4.69) is 5.32 Å². The van der Waals surface area contributed by atoms with Gasteiger partial charge in [-0.1, -0.05) is 42.5 Å². The third kappa shape index (κ3) is 2.13. The lowest BCUT2D eigenvalue weighted by Gasteiger charge is -2.30. The smallest absolute Gasteiger partial charge is 0.241 e. The average Bonchev–Trinajstić information content (AvgIpc) is 2.46. The molecule has 102 valence electrons. The lowest BCUT2D eigenvalue weighted by molar-refractivity contribution is -0.525. The van der Waals surface area contributed by atoms with Gasteiger partial charge in [-0.15, -0.1) is 0 Å². The quantitative estimate of drug-likeness (QED) is 0.671. The molecule has 0 aromatic heterocycles. The summed E-state index contributed by atoms with van der Waals surface area (Å²) in [6.45, 7) is 1.99. The molecular weight excluding hydrogens is 252 g/mol. The zero-order valence-corrected chi connectivity index (χ0v) is 11.2. The maximum atomic E-state index is 11.4. The summed E-state index contributed by atoms with van der Waals surface area (Å²) >= 11 is 0. The molecule has 0 bridgehead atoms. The second kappa shape index (κ2) is 4.96. The molecule has 0 spiro atoms. The Kier molecular flexibility index (Phi) is 3.14. The number of hydrogen-bond donors (Lipinski definition) is 1. The third-order valence-corrected chi connectivity index (χ3v) is 3.94. The fraction of sp³-hybridized carbons (Fsp3) is 0.250. The van der Waals surface area contributed by atoms with E-state index in [9.17, 15) is 10.1 Å². The summed E-state index contributed by atoms with van der Waals surface area (Å²) in [5.74, 6) is 0. The highest BCUT2D eigenvalue weighted by molar-refractivity contribution is 5.56. The van der Waals surface area contributed by atoms with Crippen LogP contribution in [0, 0.1) is 17.0 Å². The van der Waals surface area contributed by atoms with Crippen molar-refractivity contribution in [2.45, 2.75) is 25.4 Å². The number of benzene rings is 2. The van der Waals surface area contributed by atoms with Crippen molar-refractivity contribution >= 4 is 5.69 Å². The normalized spacial score (nSPS) is 20.9. The summed E-state index contributed by atoms with van der Waals surface area (Å²) in [5, 5.41) is 14.8. The van der Waals surface area contributed by atoms with Crippen LogP contribution in [-0.4, -0.2) is 11.0 Å². The van der Waals surface area contributed by atoms with Crippen LogP contribution in [-0.2, 0) is 6.42 Å². The van der Waals surface area contributed by atoms with E-state index >= 15 is 0 Å². The first-order valence-corrected chi connectivity index (χ1v) is 6.70. The Bertz CT molecular complexity index is 654. The predicted octanol–water partition coefficient (Wildman–Crippen LogP) is 3.35. The van der Waals surface area contributed by atoms with Crippen molar-refractivity contribution in [3.8, 4) is 0 Å². The van der Waals surface area contributed by atoms with Gasteiger partial charge in [0.15, 0.2) is 0 Å². The van der Waals surface area contributed by atoms with Crippen molar-refractivity contribution in [3.63, 3.8) is 0 Å². The van der Waals surface area contributed by atoms with Gasteiger partial charge in [-0.3, -0.25) is 10.1 Å². The number of nitrogens with zero attached hydrogens (tertiary/aromatic N) is 1. The van der Waals surface area contributed by atoms with Gasteiger partial charge in [0, 0.05) is 17.0 Å². The van der Waals surface area contributed by atoms with Gasteiger partial charge >= 0.3 is 0 Å². The summed E-state index contributed by atoms with van der Waals surface area (Å²) in [6.07, 6.45) is 0.467. The van der Waals surface area contributed by atoms with Crippen molar-refractivity contribution in [1.29, 1.82) is 0 Å². The van der Waals surface area contributed by atoms with Gasteiger partial charge in [0.2, 0.25) is 6.04 Å². The van der Waals surface area contributed by atoms with Crippen LogP contribution in [0.3, 0.4) is 0 Å². The van der Waals surface area contributed by atoms with Gasteiger partial charge in [0.25, 0.3) is 0 Å². The Morgan fingerprint density at radius 2 is 1.85 bits per heavy atom. The van der Waals surface area contributed by atoms with Crippen LogP contribution in [0.2, 0.25) is 0 Å². The molecule has 4 heteroatoms. The van der Waals surface area contributed by atoms with Crippen LogP contribution < -0.4 is 5.32 Å². The molecule has 0 unspecified atom stereocenters. The van der Waals surface area contributed by atoms with E-state index in [0.29, 0.717) is 6.42 Å². The summed E-state index contributed by atoms with van der Waals surface area (Å²) in [6, 6.07) is 14.7. The van der Waals surface area contributed by atoms with Gasteiger partial charge in [0.1, 0.15) is 6.04 Å².